The van der Waals surface area contributed by atoms with Crippen LogP contribution in [0, 0.1) is 0 Å². The standard InChI is InChI=1S/C19H21ClN8/c1-27-4-6-28(7-5-27)16-3-2-13(14-9-22-11-23-10-14)8-15(16)26-19-17(21)18(20)24-12-25-19/h2-3,8-12H,4-7,21H2,1H3,(H,24,25,26). The van der Waals surface area contributed by atoms with Gasteiger partial charge in [-0.15, -0.1) is 0 Å². The summed E-state index contributed by atoms with van der Waals surface area (Å²) >= 11 is 6.06. The lowest BCUT2D eigenvalue weighted by Gasteiger charge is -2.35. The van der Waals surface area contributed by atoms with Crippen LogP contribution < -0.4 is 16.0 Å². The molecule has 0 radical (unpaired) electrons. The minimum atomic E-state index is 0.228. The summed E-state index contributed by atoms with van der Waals surface area (Å²) in [6.07, 6.45) is 6.49. The molecule has 1 aromatic carbocycles. The van der Waals surface area contributed by atoms with Gasteiger partial charge in [-0.05, 0) is 24.7 Å². The quantitative estimate of drug-likeness (QED) is 0.650. The van der Waals surface area contributed by atoms with Crippen molar-refractivity contribution in [1.82, 2.24) is 24.8 Å². The number of anilines is 4. The molecule has 0 aliphatic carbocycles. The van der Waals surface area contributed by atoms with Crippen molar-refractivity contribution in [3.63, 3.8) is 0 Å². The van der Waals surface area contributed by atoms with Gasteiger partial charge >= 0.3 is 0 Å². The van der Waals surface area contributed by atoms with Crippen molar-refractivity contribution in [3.05, 3.63) is 48.4 Å². The minimum Gasteiger partial charge on any atom is -0.393 e. The van der Waals surface area contributed by atoms with E-state index >= 15 is 0 Å². The van der Waals surface area contributed by atoms with Gasteiger partial charge in [0.2, 0.25) is 0 Å². The number of nitrogens with two attached hydrogens (primary N) is 1. The van der Waals surface area contributed by atoms with Gasteiger partial charge in [0, 0.05) is 44.1 Å². The number of nitrogen functional groups attached to an aromatic ring is 1. The van der Waals surface area contributed by atoms with E-state index in [1.807, 2.05) is 0 Å². The molecule has 8 nitrogen and oxygen atoms in total. The molecule has 3 N–H and O–H groups in total. The number of nitrogens with zero attached hydrogens (tertiary/aromatic N) is 6. The Morgan fingerprint density at radius 1 is 1.00 bits per heavy atom. The number of rotatable bonds is 4. The molecule has 9 heteroatoms. The lowest BCUT2D eigenvalue weighted by molar-refractivity contribution is 0.313. The van der Waals surface area contributed by atoms with E-state index in [1.165, 1.54) is 12.7 Å². The summed E-state index contributed by atoms with van der Waals surface area (Å²) in [5.74, 6) is 0.483. The Bertz CT molecular complexity index is 957. The number of benzene rings is 1. The Labute approximate surface area is 168 Å². The topological polar surface area (TPSA) is 96.1 Å². The predicted molar refractivity (Wildman–Crippen MR) is 112 cm³/mol. The molecular formula is C19H21ClN8. The molecule has 0 bridgehead atoms. The van der Waals surface area contributed by atoms with Crippen molar-refractivity contribution < 1.29 is 0 Å². The van der Waals surface area contributed by atoms with Crippen LogP contribution in [0.3, 0.4) is 0 Å². The second-order valence-corrected chi connectivity index (χ2v) is 7.06. The zero-order valence-electron chi connectivity index (χ0n) is 15.5. The third-order valence-corrected chi connectivity index (χ3v) is 5.12. The van der Waals surface area contributed by atoms with Crippen LogP contribution in [-0.2, 0) is 0 Å². The van der Waals surface area contributed by atoms with Crippen molar-refractivity contribution in [1.29, 1.82) is 0 Å². The fourth-order valence-corrected chi connectivity index (χ4v) is 3.32. The lowest BCUT2D eigenvalue weighted by Crippen LogP contribution is -2.44. The Hall–Kier alpha value is -2.97. The van der Waals surface area contributed by atoms with E-state index in [-0.39, 0.29) is 5.15 Å². The predicted octanol–water partition coefficient (Wildman–Crippen LogP) is 2.66. The van der Waals surface area contributed by atoms with E-state index in [2.05, 4.69) is 60.3 Å². The van der Waals surface area contributed by atoms with Gasteiger partial charge in [0.05, 0.1) is 11.4 Å². The number of nitrogens with one attached hydrogen (secondary N) is 1. The van der Waals surface area contributed by atoms with Crippen molar-refractivity contribution >= 4 is 34.5 Å². The SMILES string of the molecule is CN1CCN(c2ccc(-c3cncnc3)cc2Nc2ncnc(Cl)c2N)CC1. The highest BCUT2D eigenvalue weighted by Crippen LogP contribution is 2.35. The molecule has 4 rings (SSSR count). The summed E-state index contributed by atoms with van der Waals surface area (Å²) in [6.45, 7) is 3.91. The highest BCUT2D eigenvalue weighted by molar-refractivity contribution is 6.32. The number of piperazine rings is 1. The molecule has 28 heavy (non-hydrogen) atoms. The Balaban J connectivity index is 1.74. The van der Waals surface area contributed by atoms with Gasteiger partial charge in [-0.1, -0.05) is 17.7 Å². The maximum atomic E-state index is 6.07. The molecule has 144 valence electrons. The summed E-state index contributed by atoms with van der Waals surface area (Å²) in [5, 5.41) is 3.57. The van der Waals surface area contributed by atoms with Crippen LogP contribution in [0.1, 0.15) is 0 Å². The molecule has 0 unspecified atom stereocenters. The summed E-state index contributed by atoms with van der Waals surface area (Å²) in [7, 11) is 2.14. The first-order valence-corrected chi connectivity index (χ1v) is 9.35. The molecule has 0 saturated carbocycles. The van der Waals surface area contributed by atoms with Gasteiger partial charge < -0.3 is 20.9 Å². The Morgan fingerprint density at radius 2 is 1.75 bits per heavy atom. The van der Waals surface area contributed by atoms with Gasteiger partial charge in [-0.2, -0.15) is 0 Å². The van der Waals surface area contributed by atoms with Crippen LogP contribution in [0.25, 0.3) is 11.1 Å². The van der Waals surface area contributed by atoms with Crippen molar-refractivity contribution in [3.8, 4) is 11.1 Å². The van der Waals surface area contributed by atoms with Crippen LogP contribution in [0.4, 0.5) is 22.9 Å². The van der Waals surface area contributed by atoms with E-state index in [4.69, 9.17) is 17.3 Å². The maximum Gasteiger partial charge on any atom is 0.158 e. The molecule has 3 heterocycles. The molecule has 1 aliphatic rings. The first-order valence-electron chi connectivity index (χ1n) is 8.98. The average Bonchev–Trinajstić information content (AvgIpc) is 2.73. The summed E-state index contributed by atoms with van der Waals surface area (Å²) in [5.41, 5.74) is 10.3. The Morgan fingerprint density at radius 3 is 2.50 bits per heavy atom. The minimum absolute atomic E-state index is 0.228. The first-order chi connectivity index (χ1) is 13.6. The van der Waals surface area contributed by atoms with Crippen LogP contribution in [0.15, 0.2) is 43.2 Å². The average molecular weight is 397 g/mol. The van der Waals surface area contributed by atoms with Crippen LogP contribution in [-0.4, -0.2) is 58.1 Å². The van der Waals surface area contributed by atoms with Crippen molar-refractivity contribution in [2.24, 2.45) is 0 Å². The van der Waals surface area contributed by atoms with E-state index in [0.717, 1.165) is 48.7 Å². The van der Waals surface area contributed by atoms with Gasteiger partial charge in [-0.3, -0.25) is 0 Å². The fourth-order valence-electron chi connectivity index (χ4n) is 3.19. The highest BCUT2D eigenvalue weighted by Gasteiger charge is 2.19. The third-order valence-electron chi connectivity index (χ3n) is 4.82. The van der Waals surface area contributed by atoms with Gasteiger partial charge in [0.1, 0.15) is 18.3 Å². The van der Waals surface area contributed by atoms with Crippen LogP contribution in [0.5, 0.6) is 0 Å². The van der Waals surface area contributed by atoms with Gasteiger partial charge in [-0.25, -0.2) is 19.9 Å². The summed E-state index contributed by atoms with van der Waals surface area (Å²) < 4.78 is 0. The highest BCUT2D eigenvalue weighted by atomic mass is 35.5. The fraction of sp³-hybridized carbons (Fsp3) is 0.263. The maximum absolute atomic E-state index is 6.07. The second-order valence-electron chi connectivity index (χ2n) is 6.70. The lowest BCUT2D eigenvalue weighted by atomic mass is 10.1. The summed E-state index contributed by atoms with van der Waals surface area (Å²) in [6, 6.07) is 6.24. The molecule has 2 aromatic heterocycles. The number of aromatic nitrogens is 4. The number of hydrogen-bond acceptors (Lipinski definition) is 8. The van der Waals surface area contributed by atoms with Crippen LogP contribution >= 0.6 is 11.6 Å². The van der Waals surface area contributed by atoms with E-state index < -0.39 is 0 Å². The zero-order valence-corrected chi connectivity index (χ0v) is 16.3. The number of likely N-dealkylation sites (N-methyl/N-ethyl adjacent to an activating group) is 1. The van der Waals surface area contributed by atoms with E-state index in [1.54, 1.807) is 12.4 Å². The second kappa shape index (κ2) is 7.95. The third kappa shape index (κ3) is 3.83. The summed E-state index contributed by atoms with van der Waals surface area (Å²) in [4.78, 5) is 21.1. The molecular weight excluding hydrogens is 376 g/mol. The Kier molecular flexibility index (Phi) is 5.23. The molecule has 1 aliphatic heterocycles. The van der Waals surface area contributed by atoms with E-state index in [9.17, 15) is 0 Å². The largest absolute Gasteiger partial charge is 0.393 e. The smallest absolute Gasteiger partial charge is 0.158 e. The normalized spacial score (nSPS) is 14.9. The van der Waals surface area contributed by atoms with Crippen molar-refractivity contribution in [2.45, 2.75) is 0 Å². The molecule has 0 amide bonds. The van der Waals surface area contributed by atoms with Crippen molar-refractivity contribution in [2.75, 3.05) is 49.2 Å². The number of halogens is 1. The van der Waals surface area contributed by atoms with Crippen LogP contribution in [0.2, 0.25) is 5.15 Å². The molecule has 1 saturated heterocycles. The van der Waals surface area contributed by atoms with E-state index in [0.29, 0.717) is 11.5 Å². The molecule has 1 fully saturated rings. The van der Waals surface area contributed by atoms with Gasteiger partial charge in [0.15, 0.2) is 11.0 Å². The monoisotopic (exact) mass is 396 g/mol. The zero-order chi connectivity index (χ0) is 19.5. The van der Waals surface area contributed by atoms with Gasteiger partial charge in [0.25, 0.3) is 0 Å². The molecule has 3 aromatic rings. The first kappa shape index (κ1) is 18.4. The molecule has 0 spiro atoms. The molecule has 0 atom stereocenters. The number of hydrogen-bond donors (Lipinski definition) is 2.